The Hall–Kier alpha value is -1.04. The van der Waals surface area contributed by atoms with Gasteiger partial charge in [0.05, 0.1) is 0 Å². The highest BCUT2D eigenvalue weighted by atomic mass is 16.1. The van der Waals surface area contributed by atoms with E-state index >= 15 is 0 Å². The minimum absolute atomic E-state index is 0.0275. The summed E-state index contributed by atoms with van der Waals surface area (Å²) in [6.45, 7) is 1.87. The molecule has 0 saturated heterocycles. The first-order chi connectivity index (χ1) is 4.75. The highest BCUT2D eigenvalue weighted by Crippen LogP contribution is 2.36. The van der Waals surface area contributed by atoms with E-state index in [9.17, 15) is 4.79 Å². The van der Waals surface area contributed by atoms with Gasteiger partial charge in [-0.1, -0.05) is 6.92 Å². The summed E-state index contributed by atoms with van der Waals surface area (Å²) in [4.78, 5) is 10.9. The van der Waals surface area contributed by atoms with Gasteiger partial charge in [0, 0.05) is 5.92 Å². The fourth-order valence-electron chi connectivity index (χ4n) is 0.979. The zero-order chi connectivity index (χ0) is 7.56. The normalized spacial score (nSPS) is 19.2. The molecular formula is C7H10N2O. The Labute approximate surface area is 60.0 Å². The van der Waals surface area contributed by atoms with Gasteiger partial charge < -0.3 is 0 Å². The van der Waals surface area contributed by atoms with Crippen molar-refractivity contribution < 1.29 is 4.79 Å². The Balaban J connectivity index is 2.33. The maximum absolute atomic E-state index is 10.9. The largest absolute Gasteiger partial charge is 0.274 e. The zero-order valence-electron chi connectivity index (χ0n) is 5.92. The van der Waals surface area contributed by atoms with Crippen LogP contribution in [-0.2, 0) is 4.79 Å². The molecule has 1 rings (SSSR count). The lowest BCUT2D eigenvalue weighted by atomic mass is 10.1. The third-order valence-corrected chi connectivity index (χ3v) is 1.92. The predicted molar refractivity (Wildman–Crippen MR) is 35.6 cm³/mol. The average molecular weight is 138 g/mol. The van der Waals surface area contributed by atoms with Gasteiger partial charge in [0.15, 0.2) is 6.19 Å². The number of hydrogen-bond acceptors (Lipinski definition) is 2. The average Bonchev–Trinajstić information content (AvgIpc) is 2.68. The first-order valence-electron chi connectivity index (χ1n) is 3.44. The van der Waals surface area contributed by atoms with Crippen molar-refractivity contribution in [2.45, 2.75) is 19.8 Å². The number of hydrogen-bond donors (Lipinski definition) is 1. The summed E-state index contributed by atoms with van der Waals surface area (Å²) in [6, 6.07) is 0. The van der Waals surface area contributed by atoms with Crippen LogP contribution in [0, 0.1) is 23.3 Å². The summed E-state index contributed by atoms with van der Waals surface area (Å²) in [5.41, 5.74) is 0. The van der Waals surface area contributed by atoms with E-state index in [2.05, 4.69) is 5.32 Å². The molecule has 0 aromatic carbocycles. The molecule has 0 aromatic rings. The van der Waals surface area contributed by atoms with Gasteiger partial charge in [-0.15, -0.1) is 0 Å². The molecule has 0 heterocycles. The van der Waals surface area contributed by atoms with E-state index in [1.54, 1.807) is 6.19 Å². The van der Waals surface area contributed by atoms with Gasteiger partial charge >= 0.3 is 0 Å². The third kappa shape index (κ3) is 1.47. The minimum Gasteiger partial charge on any atom is -0.274 e. The Kier molecular flexibility index (Phi) is 1.91. The van der Waals surface area contributed by atoms with E-state index in [1.165, 1.54) is 0 Å². The fourth-order valence-corrected chi connectivity index (χ4v) is 0.979. The minimum atomic E-state index is -0.134. The summed E-state index contributed by atoms with van der Waals surface area (Å²) in [6.07, 6.45) is 3.91. The van der Waals surface area contributed by atoms with Crippen LogP contribution >= 0.6 is 0 Å². The molecule has 3 nitrogen and oxygen atoms in total. The molecule has 1 amide bonds. The molecule has 1 fully saturated rings. The molecule has 1 saturated carbocycles. The third-order valence-electron chi connectivity index (χ3n) is 1.92. The van der Waals surface area contributed by atoms with Crippen LogP contribution in [-0.4, -0.2) is 5.91 Å². The Bertz CT molecular complexity index is 179. The van der Waals surface area contributed by atoms with Crippen molar-refractivity contribution in [3.8, 4) is 6.19 Å². The van der Waals surface area contributed by atoms with Crippen molar-refractivity contribution in [1.82, 2.24) is 5.32 Å². The summed E-state index contributed by atoms with van der Waals surface area (Å²) in [5.74, 6) is 0.429. The maximum Gasteiger partial charge on any atom is 0.236 e. The van der Waals surface area contributed by atoms with Crippen LogP contribution in [0.15, 0.2) is 0 Å². The second kappa shape index (κ2) is 2.70. The molecule has 54 valence electrons. The number of amides is 1. The molecular weight excluding hydrogens is 128 g/mol. The van der Waals surface area contributed by atoms with E-state index in [-0.39, 0.29) is 11.8 Å². The van der Waals surface area contributed by atoms with Gasteiger partial charge in [0.25, 0.3) is 0 Å². The van der Waals surface area contributed by atoms with E-state index in [4.69, 9.17) is 5.26 Å². The molecule has 10 heavy (non-hydrogen) atoms. The smallest absolute Gasteiger partial charge is 0.236 e. The lowest BCUT2D eigenvalue weighted by Crippen LogP contribution is -2.25. The predicted octanol–water partition coefficient (Wildman–Crippen LogP) is 0.630. The molecule has 0 bridgehead atoms. The van der Waals surface area contributed by atoms with Crippen molar-refractivity contribution in [3.05, 3.63) is 0 Å². The quantitative estimate of drug-likeness (QED) is 0.449. The number of rotatable bonds is 2. The molecule has 1 aliphatic rings. The fraction of sp³-hybridized carbons (Fsp3) is 0.714. The van der Waals surface area contributed by atoms with Gasteiger partial charge in [0.2, 0.25) is 5.91 Å². The van der Waals surface area contributed by atoms with Crippen LogP contribution in [0.25, 0.3) is 0 Å². The summed E-state index contributed by atoms with van der Waals surface area (Å²) in [7, 11) is 0. The van der Waals surface area contributed by atoms with Crippen molar-refractivity contribution >= 4 is 5.91 Å². The van der Waals surface area contributed by atoms with Crippen LogP contribution in [0.2, 0.25) is 0 Å². The van der Waals surface area contributed by atoms with Crippen molar-refractivity contribution in [2.24, 2.45) is 11.8 Å². The lowest BCUT2D eigenvalue weighted by molar-refractivity contribution is -0.123. The maximum atomic E-state index is 10.9. The van der Waals surface area contributed by atoms with Crippen molar-refractivity contribution in [3.63, 3.8) is 0 Å². The first kappa shape index (κ1) is 7.07. The standard InChI is InChI=1S/C7H10N2O/c1-5(6-2-3-6)7(10)9-4-8/h5-6H,2-3H2,1H3,(H,9,10). The highest BCUT2D eigenvalue weighted by Gasteiger charge is 2.32. The SMILES string of the molecule is CC(C(=O)NC#N)C1CC1. The second-order valence-electron chi connectivity index (χ2n) is 2.73. The Morgan fingerprint density at radius 2 is 2.40 bits per heavy atom. The molecule has 0 radical (unpaired) electrons. The monoisotopic (exact) mass is 138 g/mol. The van der Waals surface area contributed by atoms with E-state index in [1.807, 2.05) is 6.92 Å². The van der Waals surface area contributed by atoms with E-state index in [0.717, 1.165) is 12.8 Å². The van der Waals surface area contributed by atoms with Crippen LogP contribution in [0.3, 0.4) is 0 Å². The zero-order valence-corrected chi connectivity index (χ0v) is 5.92. The molecule has 3 heteroatoms. The topological polar surface area (TPSA) is 52.9 Å². The van der Waals surface area contributed by atoms with Crippen molar-refractivity contribution in [2.75, 3.05) is 0 Å². The van der Waals surface area contributed by atoms with E-state index in [0.29, 0.717) is 5.92 Å². The van der Waals surface area contributed by atoms with Gasteiger partial charge in [-0.3, -0.25) is 10.1 Å². The van der Waals surface area contributed by atoms with Crippen LogP contribution in [0.1, 0.15) is 19.8 Å². The molecule has 0 spiro atoms. The first-order valence-corrected chi connectivity index (χ1v) is 3.44. The van der Waals surface area contributed by atoms with Crippen molar-refractivity contribution in [1.29, 1.82) is 5.26 Å². The highest BCUT2D eigenvalue weighted by molar-refractivity contribution is 5.80. The van der Waals surface area contributed by atoms with E-state index < -0.39 is 0 Å². The molecule has 1 aliphatic carbocycles. The van der Waals surface area contributed by atoms with Gasteiger partial charge in [-0.05, 0) is 18.8 Å². The number of nitriles is 1. The summed E-state index contributed by atoms with van der Waals surface area (Å²) >= 11 is 0. The van der Waals surface area contributed by atoms with Crippen LogP contribution < -0.4 is 5.32 Å². The molecule has 1 atom stereocenters. The molecule has 1 unspecified atom stereocenters. The van der Waals surface area contributed by atoms with Crippen LogP contribution in [0.5, 0.6) is 0 Å². The van der Waals surface area contributed by atoms with Gasteiger partial charge in [0.1, 0.15) is 0 Å². The number of nitrogens with zero attached hydrogens (tertiary/aromatic N) is 1. The number of carbonyl (C=O) groups excluding carboxylic acids is 1. The summed E-state index contributed by atoms with van der Waals surface area (Å²) < 4.78 is 0. The molecule has 0 aliphatic heterocycles. The Morgan fingerprint density at radius 3 is 2.80 bits per heavy atom. The number of nitrogens with one attached hydrogen (secondary N) is 1. The second-order valence-corrected chi connectivity index (χ2v) is 2.73. The summed E-state index contributed by atoms with van der Waals surface area (Å²) in [5, 5.41) is 10.2. The van der Waals surface area contributed by atoms with Gasteiger partial charge in [-0.25, -0.2) is 0 Å². The van der Waals surface area contributed by atoms with Crippen LogP contribution in [0.4, 0.5) is 0 Å². The number of carbonyl (C=O) groups is 1. The molecule has 0 aromatic heterocycles. The Morgan fingerprint density at radius 1 is 1.80 bits per heavy atom. The molecule has 1 N–H and O–H groups in total. The lowest BCUT2D eigenvalue weighted by Gasteiger charge is -2.04. The van der Waals surface area contributed by atoms with Gasteiger partial charge in [-0.2, -0.15) is 5.26 Å².